The van der Waals surface area contributed by atoms with Crippen LogP contribution in [0, 0.1) is 0 Å². The molecule has 0 spiro atoms. The molecule has 0 saturated carbocycles. The van der Waals surface area contributed by atoms with Gasteiger partial charge in [0, 0.05) is 10.6 Å². The fraction of sp³-hybridized carbons (Fsp3) is 0.222. The molecular weight excluding hydrogens is 225 g/mol. The largest absolute Gasteiger partial charge is 0.469 e. The normalized spacial score (nSPS) is 9.93. The Hall–Kier alpha value is -0.930. The molecule has 1 rings (SSSR count). The monoisotopic (exact) mass is 233 g/mol. The van der Waals surface area contributed by atoms with Crippen molar-refractivity contribution >= 4 is 34.9 Å². The van der Waals surface area contributed by atoms with Crippen molar-refractivity contribution in [3.63, 3.8) is 0 Å². The number of hydrogen-bond acceptors (Lipinski definition) is 3. The van der Waals surface area contributed by atoms with Crippen LogP contribution in [-0.2, 0) is 16.0 Å². The number of hydrogen-bond donors (Lipinski definition) is 1. The summed E-state index contributed by atoms with van der Waals surface area (Å²) >= 11 is 11.6. The molecule has 0 saturated heterocycles. The summed E-state index contributed by atoms with van der Waals surface area (Å²) in [6, 6.07) is 3.18. The molecule has 0 aliphatic carbocycles. The third kappa shape index (κ3) is 2.30. The lowest BCUT2D eigenvalue weighted by Gasteiger charge is -2.08. The Labute approximate surface area is 91.7 Å². The third-order valence-corrected chi connectivity index (χ3v) is 2.48. The summed E-state index contributed by atoms with van der Waals surface area (Å²) in [5.41, 5.74) is 6.49. The number of benzene rings is 1. The Balaban J connectivity index is 3.06. The highest BCUT2D eigenvalue weighted by Gasteiger charge is 2.12. The first-order valence-corrected chi connectivity index (χ1v) is 4.61. The Morgan fingerprint density at radius 2 is 2.00 bits per heavy atom. The van der Waals surface area contributed by atoms with Crippen LogP contribution in [0.4, 0.5) is 5.69 Å². The van der Waals surface area contributed by atoms with E-state index in [1.54, 1.807) is 12.1 Å². The number of rotatable bonds is 2. The number of carbonyl (C=O) groups is 1. The number of nitrogens with two attached hydrogens (primary N) is 1. The first-order valence-electron chi connectivity index (χ1n) is 3.85. The fourth-order valence-corrected chi connectivity index (χ4v) is 1.41. The van der Waals surface area contributed by atoms with Gasteiger partial charge in [-0.05, 0) is 12.1 Å². The average molecular weight is 234 g/mol. The Morgan fingerprint density at radius 3 is 2.57 bits per heavy atom. The lowest BCUT2D eigenvalue weighted by Crippen LogP contribution is -2.07. The van der Waals surface area contributed by atoms with Gasteiger partial charge in [-0.2, -0.15) is 0 Å². The molecule has 0 aliphatic heterocycles. The number of nitrogen functional groups attached to an aromatic ring is 1. The van der Waals surface area contributed by atoms with Crippen LogP contribution in [0.3, 0.4) is 0 Å². The van der Waals surface area contributed by atoms with Crippen molar-refractivity contribution in [3.8, 4) is 0 Å². The van der Waals surface area contributed by atoms with Gasteiger partial charge in [-0.15, -0.1) is 0 Å². The van der Waals surface area contributed by atoms with E-state index in [9.17, 15) is 4.79 Å². The SMILES string of the molecule is COC(=O)Cc1c(Cl)ccc(Cl)c1N. The molecule has 0 atom stereocenters. The zero-order valence-corrected chi connectivity index (χ0v) is 9.02. The number of esters is 1. The molecule has 14 heavy (non-hydrogen) atoms. The van der Waals surface area contributed by atoms with Crippen molar-refractivity contribution in [1.29, 1.82) is 0 Å². The summed E-state index contributed by atoms with van der Waals surface area (Å²) in [4.78, 5) is 11.0. The molecular formula is C9H9Cl2NO2. The molecule has 0 radical (unpaired) electrons. The van der Waals surface area contributed by atoms with Gasteiger partial charge < -0.3 is 10.5 Å². The Bertz CT molecular complexity index is 366. The molecule has 0 unspecified atom stereocenters. The van der Waals surface area contributed by atoms with Crippen molar-refractivity contribution in [2.45, 2.75) is 6.42 Å². The molecule has 1 aromatic rings. The minimum atomic E-state index is -0.402. The maximum Gasteiger partial charge on any atom is 0.310 e. The lowest BCUT2D eigenvalue weighted by molar-refractivity contribution is -0.139. The summed E-state index contributed by atoms with van der Waals surface area (Å²) in [5, 5.41) is 0.797. The number of carbonyl (C=O) groups excluding carboxylic acids is 1. The van der Waals surface area contributed by atoms with Gasteiger partial charge in [0.1, 0.15) is 0 Å². The first-order chi connectivity index (χ1) is 6.56. The molecule has 0 aromatic heterocycles. The van der Waals surface area contributed by atoms with Crippen molar-refractivity contribution in [3.05, 3.63) is 27.7 Å². The fourth-order valence-electron chi connectivity index (χ4n) is 1.01. The zero-order chi connectivity index (χ0) is 10.7. The Kier molecular flexibility index (Phi) is 3.61. The van der Waals surface area contributed by atoms with E-state index in [1.807, 2.05) is 0 Å². The summed E-state index contributed by atoms with van der Waals surface area (Å²) in [5.74, 6) is -0.402. The van der Waals surface area contributed by atoms with Crippen LogP contribution in [0.25, 0.3) is 0 Å². The van der Waals surface area contributed by atoms with Gasteiger partial charge in [0.05, 0.1) is 24.2 Å². The van der Waals surface area contributed by atoms with E-state index in [2.05, 4.69) is 4.74 Å². The van der Waals surface area contributed by atoms with Gasteiger partial charge in [0.2, 0.25) is 0 Å². The molecule has 2 N–H and O–H groups in total. The summed E-state index contributed by atoms with van der Waals surface area (Å²) in [6.45, 7) is 0. The van der Waals surface area contributed by atoms with Crippen LogP contribution in [0.1, 0.15) is 5.56 Å². The van der Waals surface area contributed by atoms with Gasteiger partial charge in [-0.3, -0.25) is 4.79 Å². The summed E-state index contributed by atoms with van der Waals surface area (Å²) < 4.78 is 4.51. The van der Waals surface area contributed by atoms with E-state index in [0.717, 1.165) is 0 Å². The number of methoxy groups -OCH3 is 1. The van der Waals surface area contributed by atoms with Crippen LogP contribution in [0.15, 0.2) is 12.1 Å². The van der Waals surface area contributed by atoms with E-state index in [0.29, 0.717) is 21.3 Å². The highest BCUT2D eigenvalue weighted by atomic mass is 35.5. The summed E-state index contributed by atoms with van der Waals surface area (Å²) in [7, 11) is 1.30. The highest BCUT2D eigenvalue weighted by molar-refractivity contribution is 6.36. The van der Waals surface area contributed by atoms with Crippen molar-refractivity contribution in [2.24, 2.45) is 0 Å². The molecule has 0 amide bonds. The molecule has 0 aliphatic rings. The van der Waals surface area contributed by atoms with Gasteiger partial charge in [-0.1, -0.05) is 23.2 Å². The molecule has 5 heteroatoms. The molecule has 76 valence electrons. The van der Waals surface area contributed by atoms with Gasteiger partial charge in [0.25, 0.3) is 0 Å². The minimum Gasteiger partial charge on any atom is -0.469 e. The van der Waals surface area contributed by atoms with E-state index < -0.39 is 5.97 Å². The number of ether oxygens (including phenoxy) is 1. The van der Waals surface area contributed by atoms with Gasteiger partial charge in [-0.25, -0.2) is 0 Å². The smallest absolute Gasteiger partial charge is 0.310 e. The van der Waals surface area contributed by atoms with Gasteiger partial charge in [0.15, 0.2) is 0 Å². The van der Waals surface area contributed by atoms with Gasteiger partial charge >= 0.3 is 5.97 Å². The van der Waals surface area contributed by atoms with Crippen LogP contribution in [0.5, 0.6) is 0 Å². The topological polar surface area (TPSA) is 52.3 Å². The second-order valence-corrected chi connectivity index (χ2v) is 3.49. The van der Waals surface area contributed by atoms with Crippen LogP contribution in [0.2, 0.25) is 10.0 Å². The molecule has 1 aromatic carbocycles. The second-order valence-electron chi connectivity index (χ2n) is 2.67. The first kappa shape index (κ1) is 11.1. The maximum absolute atomic E-state index is 11.0. The van der Waals surface area contributed by atoms with Crippen LogP contribution >= 0.6 is 23.2 Å². The van der Waals surface area contributed by atoms with Crippen molar-refractivity contribution in [1.82, 2.24) is 0 Å². The number of anilines is 1. The maximum atomic E-state index is 11.0. The standard InChI is InChI=1S/C9H9Cl2NO2/c1-14-8(13)4-5-6(10)2-3-7(11)9(5)12/h2-3H,4,12H2,1H3. The minimum absolute atomic E-state index is 0.0295. The predicted octanol–water partition coefficient (Wildman–Crippen LogP) is 2.29. The zero-order valence-electron chi connectivity index (χ0n) is 7.51. The van der Waals surface area contributed by atoms with Crippen LogP contribution < -0.4 is 5.73 Å². The van der Waals surface area contributed by atoms with E-state index in [4.69, 9.17) is 28.9 Å². The van der Waals surface area contributed by atoms with Crippen LogP contribution in [-0.4, -0.2) is 13.1 Å². The molecule has 0 heterocycles. The highest BCUT2D eigenvalue weighted by Crippen LogP contribution is 2.29. The summed E-state index contributed by atoms with van der Waals surface area (Å²) in [6.07, 6.45) is 0.0295. The third-order valence-electron chi connectivity index (χ3n) is 1.80. The quantitative estimate of drug-likeness (QED) is 0.630. The second kappa shape index (κ2) is 4.53. The number of halogens is 2. The van der Waals surface area contributed by atoms with E-state index in [-0.39, 0.29) is 6.42 Å². The van der Waals surface area contributed by atoms with Crippen molar-refractivity contribution < 1.29 is 9.53 Å². The molecule has 0 fully saturated rings. The Morgan fingerprint density at radius 1 is 1.43 bits per heavy atom. The van der Waals surface area contributed by atoms with E-state index in [1.165, 1.54) is 7.11 Å². The molecule has 3 nitrogen and oxygen atoms in total. The molecule has 0 bridgehead atoms. The lowest BCUT2D eigenvalue weighted by atomic mass is 10.1. The van der Waals surface area contributed by atoms with Crippen molar-refractivity contribution in [2.75, 3.05) is 12.8 Å². The van der Waals surface area contributed by atoms with E-state index >= 15 is 0 Å². The predicted molar refractivity (Wildman–Crippen MR) is 56.6 cm³/mol. The average Bonchev–Trinajstić information content (AvgIpc) is 2.18.